The fraction of sp³-hybridized carbons (Fsp3) is 0.571. The van der Waals surface area contributed by atoms with E-state index < -0.39 is 0 Å². The topological polar surface area (TPSA) is 15.3 Å². The summed E-state index contributed by atoms with van der Waals surface area (Å²) in [5.74, 6) is -0.213. The van der Waals surface area contributed by atoms with Gasteiger partial charge in [0, 0.05) is 24.2 Å². The van der Waals surface area contributed by atoms with E-state index in [1.165, 1.54) is 6.07 Å². The van der Waals surface area contributed by atoms with Gasteiger partial charge in [-0.1, -0.05) is 18.5 Å². The molecular formula is C14H21Cl2FN2. The number of rotatable bonds is 5. The van der Waals surface area contributed by atoms with Gasteiger partial charge in [-0.15, -0.1) is 12.4 Å². The predicted molar refractivity (Wildman–Crippen MR) is 80.6 cm³/mol. The third kappa shape index (κ3) is 4.60. The molecule has 1 aliphatic heterocycles. The largest absolute Gasteiger partial charge is 0.315 e. The second-order valence-corrected chi connectivity index (χ2v) is 5.26. The minimum absolute atomic E-state index is 0. The molecule has 1 heterocycles. The maximum atomic E-state index is 13.3. The molecule has 0 aliphatic carbocycles. The van der Waals surface area contributed by atoms with E-state index in [0.29, 0.717) is 11.1 Å². The van der Waals surface area contributed by atoms with E-state index >= 15 is 0 Å². The van der Waals surface area contributed by atoms with Gasteiger partial charge < -0.3 is 5.32 Å². The van der Waals surface area contributed by atoms with Crippen LogP contribution in [0.15, 0.2) is 18.2 Å². The van der Waals surface area contributed by atoms with Crippen LogP contribution in [0, 0.1) is 5.82 Å². The van der Waals surface area contributed by atoms with E-state index in [2.05, 4.69) is 17.1 Å². The zero-order valence-corrected chi connectivity index (χ0v) is 12.7. The third-order valence-electron chi connectivity index (χ3n) is 3.44. The van der Waals surface area contributed by atoms with Gasteiger partial charge in [0.15, 0.2) is 0 Å². The number of nitrogens with one attached hydrogen (secondary N) is 1. The van der Waals surface area contributed by atoms with Crippen molar-refractivity contribution in [2.24, 2.45) is 0 Å². The van der Waals surface area contributed by atoms with E-state index in [9.17, 15) is 4.39 Å². The molecule has 1 atom stereocenters. The van der Waals surface area contributed by atoms with Gasteiger partial charge in [0.25, 0.3) is 0 Å². The Morgan fingerprint density at radius 2 is 2.26 bits per heavy atom. The highest BCUT2D eigenvalue weighted by molar-refractivity contribution is 6.31. The molecule has 0 radical (unpaired) electrons. The molecule has 108 valence electrons. The van der Waals surface area contributed by atoms with Crippen LogP contribution in [0.1, 0.15) is 25.3 Å². The van der Waals surface area contributed by atoms with Gasteiger partial charge in [-0.2, -0.15) is 0 Å². The van der Waals surface area contributed by atoms with Crippen LogP contribution in [0.4, 0.5) is 4.39 Å². The van der Waals surface area contributed by atoms with Gasteiger partial charge in [-0.25, -0.2) is 4.39 Å². The first-order valence-corrected chi connectivity index (χ1v) is 6.97. The molecule has 5 heteroatoms. The van der Waals surface area contributed by atoms with Crippen molar-refractivity contribution in [1.29, 1.82) is 0 Å². The fourth-order valence-electron chi connectivity index (χ4n) is 2.51. The van der Waals surface area contributed by atoms with E-state index in [1.54, 1.807) is 12.1 Å². The Balaban J connectivity index is 0.00000180. The van der Waals surface area contributed by atoms with Crippen LogP contribution in [0.3, 0.4) is 0 Å². The molecule has 1 unspecified atom stereocenters. The first-order chi connectivity index (χ1) is 8.70. The summed E-state index contributed by atoms with van der Waals surface area (Å²) in [6.07, 6.45) is 2.26. The summed E-state index contributed by atoms with van der Waals surface area (Å²) in [6, 6.07) is 5.15. The zero-order valence-electron chi connectivity index (χ0n) is 11.2. The molecule has 0 saturated carbocycles. The Hall–Kier alpha value is -0.350. The molecule has 1 aromatic rings. The van der Waals surface area contributed by atoms with Gasteiger partial charge in [-0.05, 0) is 49.7 Å². The molecule has 2 nitrogen and oxygen atoms in total. The van der Waals surface area contributed by atoms with E-state index in [-0.39, 0.29) is 18.2 Å². The van der Waals surface area contributed by atoms with Gasteiger partial charge in [0.2, 0.25) is 0 Å². The molecule has 1 aromatic carbocycles. The van der Waals surface area contributed by atoms with Crippen molar-refractivity contribution < 1.29 is 4.39 Å². The number of hydrogen-bond acceptors (Lipinski definition) is 2. The number of benzene rings is 1. The molecule has 1 aliphatic rings. The normalized spacial score (nSPS) is 18.6. The Morgan fingerprint density at radius 1 is 1.47 bits per heavy atom. The number of hydrogen-bond donors (Lipinski definition) is 1. The summed E-state index contributed by atoms with van der Waals surface area (Å²) < 4.78 is 13.3. The fourth-order valence-corrected chi connectivity index (χ4v) is 2.69. The second-order valence-electron chi connectivity index (χ2n) is 4.85. The molecule has 0 spiro atoms. The quantitative estimate of drug-likeness (QED) is 0.896. The molecule has 0 amide bonds. The van der Waals surface area contributed by atoms with E-state index in [0.717, 1.165) is 44.6 Å². The average Bonchev–Trinajstić information content (AvgIpc) is 2.87. The first kappa shape index (κ1) is 16.7. The van der Waals surface area contributed by atoms with Gasteiger partial charge in [0.05, 0.1) is 0 Å². The van der Waals surface area contributed by atoms with Crippen molar-refractivity contribution in [2.75, 3.05) is 19.6 Å². The molecule has 1 fully saturated rings. The lowest BCUT2D eigenvalue weighted by Crippen LogP contribution is -2.37. The maximum Gasteiger partial charge on any atom is 0.123 e. The lowest BCUT2D eigenvalue weighted by atomic mass is 10.1. The van der Waals surface area contributed by atoms with Gasteiger partial charge in [-0.3, -0.25) is 4.90 Å². The lowest BCUT2D eigenvalue weighted by Gasteiger charge is -2.28. The molecule has 0 aromatic heterocycles. The lowest BCUT2D eigenvalue weighted by molar-refractivity contribution is 0.199. The van der Waals surface area contributed by atoms with Crippen molar-refractivity contribution in [3.05, 3.63) is 34.6 Å². The molecule has 1 saturated heterocycles. The van der Waals surface area contributed by atoms with Crippen molar-refractivity contribution in [2.45, 2.75) is 32.4 Å². The minimum atomic E-state index is -0.213. The highest BCUT2D eigenvalue weighted by Crippen LogP contribution is 2.21. The maximum absolute atomic E-state index is 13.3. The second kappa shape index (κ2) is 8.05. The predicted octanol–water partition coefficient (Wildman–Crippen LogP) is 3.47. The van der Waals surface area contributed by atoms with E-state index in [4.69, 9.17) is 11.6 Å². The van der Waals surface area contributed by atoms with Crippen molar-refractivity contribution in [3.63, 3.8) is 0 Å². The minimum Gasteiger partial charge on any atom is -0.315 e. The SMILES string of the molecule is CCCN(Cc1cc(F)ccc1Cl)C1CCNC1.Cl. The van der Waals surface area contributed by atoms with Crippen molar-refractivity contribution in [1.82, 2.24) is 10.2 Å². The Labute approximate surface area is 125 Å². The Kier molecular flexibility index (Phi) is 7.08. The Bertz CT molecular complexity index is 395. The molecule has 1 N–H and O–H groups in total. The molecular weight excluding hydrogens is 286 g/mol. The van der Waals surface area contributed by atoms with Gasteiger partial charge in [0.1, 0.15) is 5.82 Å². The van der Waals surface area contributed by atoms with E-state index in [1.807, 2.05) is 0 Å². The zero-order chi connectivity index (χ0) is 13.0. The summed E-state index contributed by atoms with van der Waals surface area (Å²) in [7, 11) is 0. The van der Waals surface area contributed by atoms with Gasteiger partial charge >= 0.3 is 0 Å². The van der Waals surface area contributed by atoms with Crippen LogP contribution in [-0.2, 0) is 6.54 Å². The smallest absolute Gasteiger partial charge is 0.123 e. The molecule has 0 bridgehead atoms. The van der Waals surface area contributed by atoms with Crippen molar-refractivity contribution >= 4 is 24.0 Å². The van der Waals surface area contributed by atoms with Crippen molar-refractivity contribution in [3.8, 4) is 0 Å². The highest BCUT2D eigenvalue weighted by Gasteiger charge is 2.22. The summed E-state index contributed by atoms with van der Waals surface area (Å²) in [5, 5.41) is 4.03. The highest BCUT2D eigenvalue weighted by atomic mass is 35.5. The Morgan fingerprint density at radius 3 is 2.89 bits per heavy atom. The summed E-state index contributed by atoms with van der Waals surface area (Å²) in [4.78, 5) is 2.40. The van der Waals surface area contributed by atoms with Crippen LogP contribution in [0.5, 0.6) is 0 Å². The number of nitrogens with zero attached hydrogens (tertiary/aromatic N) is 1. The molecule has 19 heavy (non-hydrogen) atoms. The van der Waals surface area contributed by atoms with Crippen LogP contribution < -0.4 is 5.32 Å². The summed E-state index contributed by atoms with van der Waals surface area (Å²) in [5.41, 5.74) is 0.886. The third-order valence-corrected chi connectivity index (χ3v) is 3.81. The summed E-state index contributed by atoms with van der Waals surface area (Å²) in [6.45, 7) is 6.02. The number of halogens is 3. The van der Waals surface area contributed by atoms with Crippen LogP contribution in [0.2, 0.25) is 5.02 Å². The average molecular weight is 307 g/mol. The first-order valence-electron chi connectivity index (χ1n) is 6.59. The van der Waals surface area contributed by atoms with Crippen LogP contribution in [0.25, 0.3) is 0 Å². The standard InChI is InChI=1S/C14H20ClFN2.ClH/c1-2-7-18(13-5-6-17-9-13)10-11-8-12(16)3-4-14(11)15;/h3-4,8,13,17H,2,5-7,9-10H2,1H3;1H. The van der Waals surface area contributed by atoms with Crippen LogP contribution >= 0.6 is 24.0 Å². The molecule has 2 rings (SSSR count). The summed E-state index contributed by atoms with van der Waals surface area (Å²) >= 11 is 6.14. The van der Waals surface area contributed by atoms with Crippen LogP contribution in [-0.4, -0.2) is 30.6 Å². The monoisotopic (exact) mass is 306 g/mol.